The molecule has 0 bridgehead atoms. The van der Waals surface area contributed by atoms with Crippen molar-refractivity contribution in [2.24, 2.45) is 0 Å². The molecule has 102 valence electrons. The minimum Gasteiger partial charge on any atom is -0.491 e. The Bertz CT molecular complexity index is 351. The van der Waals surface area contributed by atoms with Gasteiger partial charge in [0.2, 0.25) is 0 Å². The first-order chi connectivity index (χ1) is 8.69. The van der Waals surface area contributed by atoms with Gasteiger partial charge in [-0.3, -0.25) is 0 Å². The van der Waals surface area contributed by atoms with E-state index in [1.165, 1.54) is 5.56 Å². The van der Waals surface area contributed by atoms with Crippen LogP contribution in [0, 0.1) is 0 Å². The first-order valence-corrected chi connectivity index (χ1v) is 8.97. The van der Waals surface area contributed by atoms with Crippen LogP contribution >= 0.6 is 43.6 Å². The normalized spacial score (nSPS) is 10.7. The van der Waals surface area contributed by atoms with Crippen LogP contribution in [0.5, 0.6) is 5.75 Å². The van der Waals surface area contributed by atoms with Crippen LogP contribution in [0.3, 0.4) is 0 Å². The molecule has 0 saturated carbocycles. The van der Waals surface area contributed by atoms with Crippen molar-refractivity contribution in [3.8, 4) is 5.75 Å². The summed E-state index contributed by atoms with van der Waals surface area (Å²) in [6.07, 6.45) is 3.18. The average Bonchev–Trinajstić information content (AvgIpc) is 2.34. The maximum Gasteiger partial charge on any atom is 0.147 e. The van der Waals surface area contributed by atoms with Gasteiger partial charge in [0.1, 0.15) is 5.75 Å². The van der Waals surface area contributed by atoms with Crippen LogP contribution in [0.4, 0.5) is 0 Å². The molecule has 0 saturated heterocycles. The fraction of sp³-hybridized carbons (Fsp3) is 0.538. The highest BCUT2D eigenvalue weighted by molar-refractivity contribution is 9.11. The summed E-state index contributed by atoms with van der Waals surface area (Å²) in [7, 11) is 0. The van der Waals surface area contributed by atoms with Gasteiger partial charge in [-0.2, -0.15) is 11.8 Å². The van der Waals surface area contributed by atoms with E-state index in [1.807, 2.05) is 11.8 Å². The molecule has 5 heteroatoms. The molecule has 18 heavy (non-hydrogen) atoms. The van der Waals surface area contributed by atoms with Gasteiger partial charge < -0.3 is 10.1 Å². The van der Waals surface area contributed by atoms with Gasteiger partial charge in [0.15, 0.2) is 0 Å². The summed E-state index contributed by atoms with van der Waals surface area (Å²) >= 11 is 8.99. The number of nitrogens with one attached hydrogen (secondary N) is 1. The Labute approximate surface area is 131 Å². The van der Waals surface area contributed by atoms with Gasteiger partial charge in [0.05, 0.1) is 15.6 Å². The molecule has 0 atom stereocenters. The summed E-state index contributed by atoms with van der Waals surface area (Å²) in [4.78, 5) is 0. The maximum atomic E-state index is 5.80. The summed E-state index contributed by atoms with van der Waals surface area (Å²) in [5.41, 5.74) is 1.24. The van der Waals surface area contributed by atoms with Crippen LogP contribution < -0.4 is 10.1 Å². The second-order valence-corrected chi connectivity index (χ2v) is 6.56. The van der Waals surface area contributed by atoms with Crippen LogP contribution in [-0.2, 0) is 6.54 Å². The van der Waals surface area contributed by atoms with Crippen molar-refractivity contribution < 1.29 is 4.74 Å². The molecule has 1 aromatic rings. The Morgan fingerprint density at radius 2 is 1.94 bits per heavy atom. The lowest BCUT2D eigenvalue weighted by molar-refractivity contribution is 0.314. The number of ether oxygens (including phenoxy) is 1. The maximum absolute atomic E-state index is 5.80. The number of hydrogen-bond donors (Lipinski definition) is 1. The third kappa shape index (κ3) is 5.51. The zero-order valence-electron chi connectivity index (χ0n) is 10.8. The van der Waals surface area contributed by atoms with E-state index in [2.05, 4.69) is 62.5 Å². The quantitative estimate of drug-likeness (QED) is 0.655. The van der Waals surface area contributed by atoms with Crippen LogP contribution in [0.15, 0.2) is 21.1 Å². The smallest absolute Gasteiger partial charge is 0.147 e. The molecule has 0 amide bonds. The standard InChI is InChI=1S/C13H19Br2NOS/c1-3-16-9-10-7-11(14)13(12(15)8-10)17-5-4-6-18-2/h7-8,16H,3-6,9H2,1-2H3. The summed E-state index contributed by atoms with van der Waals surface area (Å²) in [5, 5.41) is 3.31. The molecule has 1 aromatic carbocycles. The van der Waals surface area contributed by atoms with Gasteiger partial charge in [0, 0.05) is 6.54 Å². The number of hydrogen-bond acceptors (Lipinski definition) is 3. The average molecular weight is 397 g/mol. The lowest BCUT2D eigenvalue weighted by atomic mass is 10.2. The highest BCUT2D eigenvalue weighted by atomic mass is 79.9. The van der Waals surface area contributed by atoms with E-state index in [1.54, 1.807) is 0 Å². The summed E-state index contributed by atoms with van der Waals surface area (Å²) in [6, 6.07) is 4.22. The molecule has 1 rings (SSSR count). The van der Waals surface area contributed by atoms with E-state index in [-0.39, 0.29) is 0 Å². The molecular weight excluding hydrogens is 378 g/mol. The predicted octanol–water partition coefficient (Wildman–Crippen LogP) is 4.45. The molecule has 0 aliphatic carbocycles. The van der Waals surface area contributed by atoms with E-state index in [0.717, 1.165) is 46.6 Å². The highest BCUT2D eigenvalue weighted by Crippen LogP contribution is 2.34. The van der Waals surface area contributed by atoms with Crippen molar-refractivity contribution in [3.05, 3.63) is 26.6 Å². The topological polar surface area (TPSA) is 21.3 Å². The van der Waals surface area contributed by atoms with Crippen LogP contribution in [-0.4, -0.2) is 25.2 Å². The van der Waals surface area contributed by atoms with Crippen molar-refractivity contribution >= 4 is 43.6 Å². The van der Waals surface area contributed by atoms with Gasteiger partial charge in [0.25, 0.3) is 0 Å². The van der Waals surface area contributed by atoms with Gasteiger partial charge in [-0.05, 0) is 74.5 Å². The molecule has 2 nitrogen and oxygen atoms in total. The largest absolute Gasteiger partial charge is 0.491 e. The monoisotopic (exact) mass is 395 g/mol. The minimum absolute atomic E-state index is 0.755. The molecule has 0 spiro atoms. The number of halogens is 2. The molecule has 0 aromatic heterocycles. The van der Waals surface area contributed by atoms with Crippen LogP contribution in [0.2, 0.25) is 0 Å². The van der Waals surface area contributed by atoms with Crippen molar-refractivity contribution in [1.82, 2.24) is 5.32 Å². The van der Waals surface area contributed by atoms with E-state index in [9.17, 15) is 0 Å². The second kappa shape index (κ2) is 9.23. The van der Waals surface area contributed by atoms with Crippen molar-refractivity contribution in [3.63, 3.8) is 0 Å². The molecule has 1 N–H and O–H groups in total. The SMILES string of the molecule is CCNCc1cc(Br)c(OCCCSC)c(Br)c1. The minimum atomic E-state index is 0.755. The van der Waals surface area contributed by atoms with E-state index in [4.69, 9.17) is 4.74 Å². The molecule has 0 unspecified atom stereocenters. The van der Waals surface area contributed by atoms with Gasteiger partial charge in [-0.1, -0.05) is 6.92 Å². The van der Waals surface area contributed by atoms with Gasteiger partial charge in [-0.15, -0.1) is 0 Å². The number of rotatable bonds is 8. The zero-order valence-corrected chi connectivity index (χ0v) is 14.8. The Morgan fingerprint density at radius 3 is 2.50 bits per heavy atom. The Balaban J connectivity index is 2.62. The molecule has 0 aliphatic heterocycles. The lowest BCUT2D eigenvalue weighted by Gasteiger charge is -2.12. The predicted molar refractivity (Wildman–Crippen MR) is 87.7 cm³/mol. The third-order valence-corrected chi connectivity index (χ3v) is 4.25. The summed E-state index contributed by atoms with van der Waals surface area (Å²) in [5.74, 6) is 2.03. The molecule has 0 heterocycles. The number of benzene rings is 1. The fourth-order valence-electron chi connectivity index (χ4n) is 1.50. The third-order valence-electron chi connectivity index (χ3n) is 2.38. The Hall–Kier alpha value is 0.290. The molecule has 0 fully saturated rings. The summed E-state index contributed by atoms with van der Waals surface area (Å²) < 4.78 is 7.82. The Kier molecular flexibility index (Phi) is 8.39. The lowest BCUT2D eigenvalue weighted by Crippen LogP contribution is -2.11. The molecular formula is C13H19Br2NOS. The van der Waals surface area contributed by atoms with Crippen LogP contribution in [0.1, 0.15) is 18.9 Å². The first kappa shape index (κ1) is 16.3. The van der Waals surface area contributed by atoms with E-state index < -0.39 is 0 Å². The highest BCUT2D eigenvalue weighted by Gasteiger charge is 2.08. The van der Waals surface area contributed by atoms with Crippen molar-refractivity contribution in [1.29, 1.82) is 0 Å². The second-order valence-electron chi connectivity index (χ2n) is 3.86. The molecule has 0 aliphatic rings. The van der Waals surface area contributed by atoms with Crippen molar-refractivity contribution in [2.75, 3.05) is 25.2 Å². The van der Waals surface area contributed by atoms with E-state index in [0.29, 0.717) is 0 Å². The Morgan fingerprint density at radius 1 is 1.28 bits per heavy atom. The molecule has 0 radical (unpaired) electrons. The van der Waals surface area contributed by atoms with Crippen molar-refractivity contribution in [2.45, 2.75) is 19.9 Å². The zero-order chi connectivity index (χ0) is 13.4. The fourth-order valence-corrected chi connectivity index (χ4v) is 3.42. The van der Waals surface area contributed by atoms with E-state index >= 15 is 0 Å². The van der Waals surface area contributed by atoms with Crippen LogP contribution in [0.25, 0.3) is 0 Å². The number of thioether (sulfide) groups is 1. The summed E-state index contributed by atoms with van der Waals surface area (Å²) in [6.45, 7) is 4.71. The van der Waals surface area contributed by atoms with Gasteiger partial charge >= 0.3 is 0 Å². The van der Waals surface area contributed by atoms with Gasteiger partial charge in [-0.25, -0.2) is 0 Å². The first-order valence-electron chi connectivity index (χ1n) is 5.99.